The molecule has 18 heavy (non-hydrogen) atoms. The molecule has 0 atom stereocenters. The number of nitrogens with one attached hydrogen (secondary N) is 1. The van der Waals surface area contributed by atoms with Gasteiger partial charge in [-0.1, -0.05) is 18.2 Å². The molecule has 0 aliphatic heterocycles. The molecule has 0 radical (unpaired) electrons. The quantitative estimate of drug-likeness (QED) is 0.765. The summed E-state index contributed by atoms with van der Waals surface area (Å²) in [6.45, 7) is 0. The van der Waals surface area contributed by atoms with E-state index in [0.29, 0.717) is 10.8 Å². The van der Waals surface area contributed by atoms with E-state index in [4.69, 9.17) is 0 Å². The van der Waals surface area contributed by atoms with E-state index in [1.807, 2.05) is 0 Å². The molecule has 2 aromatic rings. The standard InChI is InChI=1S/C12H14N4O2/c1-15(2)14-11(17)10-8-6-4-5-7-9(8)12(18)16(3)13-10/h4-7H,1-3H3,(H,14,17). The van der Waals surface area contributed by atoms with Crippen LogP contribution in [0.3, 0.4) is 0 Å². The van der Waals surface area contributed by atoms with Gasteiger partial charge in [0.2, 0.25) is 0 Å². The van der Waals surface area contributed by atoms with Crippen LogP contribution < -0.4 is 11.0 Å². The minimum atomic E-state index is -0.341. The highest BCUT2D eigenvalue weighted by molar-refractivity contribution is 6.04. The zero-order chi connectivity index (χ0) is 13.3. The van der Waals surface area contributed by atoms with Gasteiger partial charge >= 0.3 is 0 Å². The molecule has 1 aromatic heterocycles. The number of aryl methyl sites for hydroxylation is 1. The van der Waals surface area contributed by atoms with Gasteiger partial charge in [-0.05, 0) is 6.07 Å². The Kier molecular flexibility index (Phi) is 3.12. The maximum atomic E-state index is 12.0. The smallest absolute Gasteiger partial charge is 0.284 e. The van der Waals surface area contributed by atoms with Crippen molar-refractivity contribution in [1.29, 1.82) is 0 Å². The van der Waals surface area contributed by atoms with Crippen LogP contribution >= 0.6 is 0 Å². The van der Waals surface area contributed by atoms with Crippen molar-refractivity contribution in [3.63, 3.8) is 0 Å². The number of hydrazine groups is 1. The van der Waals surface area contributed by atoms with E-state index in [1.165, 1.54) is 16.7 Å². The van der Waals surface area contributed by atoms with E-state index in [-0.39, 0.29) is 17.2 Å². The van der Waals surface area contributed by atoms with Crippen LogP contribution in [0.4, 0.5) is 0 Å². The predicted octanol–water partition coefficient (Wildman–Crippen LogP) is 0.140. The fourth-order valence-electron chi connectivity index (χ4n) is 1.72. The highest BCUT2D eigenvalue weighted by Crippen LogP contribution is 2.12. The van der Waals surface area contributed by atoms with E-state index < -0.39 is 0 Å². The first-order chi connectivity index (χ1) is 8.50. The number of fused-ring (bicyclic) bond motifs is 1. The highest BCUT2D eigenvalue weighted by Gasteiger charge is 2.15. The van der Waals surface area contributed by atoms with Crippen molar-refractivity contribution < 1.29 is 4.79 Å². The van der Waals surface area contributed by atoms with Crippen LogP contribution in [0.5, 0.6) is 0 Å². The molecule has 2 rings (SSSR count). The number of carbonyl (C=O) groups excluding carboxylic acids is 1. The number of benzene rings is 1. The molecule has 1 heterocycles. The van der Waals surface area contributed by atoms with Crippen LogP contribution in [0, 0.1) is 0 Å². The zero-order valence-electron chi connectivity index (χ0n) is 10.5. The van der Waals surface area contributed by atoms with E-state index in [1.54, 1.807) is 38.4 Å². The molecular weight excluding hydrogens is 232 g/mol. The third kappa shape index (κ3) is 2.10. The number of hydrogen-bond donors (Lipinski definition) is 1. The second-order valence-corrected chi connectivity index (χ2v) is 4.16. The minimum absolute atomic E-state index is 0.216. The van der Waals surface area contributed by atoms with Gasteiger partial charge < -0.3 is 0 Å². The Hall–Kier alpha value is -2.21. The number of nitrogens with zero attached hydrogens (tertiary/aromatic N) is 3. The monoisotopic (exact) mass is 246 g/mol. The summed E-state index contributed by atoms with van der Waals surface area (Å²) in [6, 6.07) is 6.94. The van der Waals surface area contributed by atoms with Crippen molar-refractivity contribution in [2.75, 3.05) is 14.1 Å². The van der Waals surface area contributed by atoms with E-state index in [9.17, 15) is 9.59 Å². The SMILES string of the molecule is CN(C)NC(=O)c1nn(C)c(=O)c2ccccc12. The summed E-state index contributed by atoms with van der Waals surface area (Å²) < 4.78 is 1.17. The molecule has 6 heteroatoms. The van der Waals surface area contributed by atoms with Crippen LogP contribution in [0.1, 0.15) is 10.5 Å². The van der Waals surface area contributed by atoms with Crippen LogP contribution in [0.2, 0.25) is 0 Å². The fraction of sp³-hybridized carbons (Fsp3) is 0.250. The third-order valence-corrected chi connectivity index (χ3v) is 2.50. The highest BCUT2D eigenvalue weighted by atomic mass is 16.2. The lowest BCUT2D eigenvalue weighted by Crippen LogP contribution is -2.38. The van der Waals surface area contributed by atoms with Crippen LogP contribution in [0.25, 0.3) is 10.8 Å². The molecule has 1 N–H and O–H groups in total. The predicted molar refractivity (Wildman–Crippen MR) is 68.1 cm³/mol. The van der Waals surface area contributed by atoms with Gasteiger partial charge in [0.25, 0.3) is 11.5 Å². The van der Waals surface area contributed by atoms with Crippen molar-refractivity contribution in [3.05, 3.63) is 40.3 Å². The topological polar surface area (TPSA) is 67.2 Å². The average Bonchev–Trinajstić information content (AvgIpc) is 2.33. The van der Waals surface area contributed by atoms with Gasteiger partial charge in [-0.2, -0.15) is 5.10 Å². The summed E-state index contributed by atoms with van der Waals surface area (Å²) in [5.41, 5.74) is 2.64. The van der Waals surface area contributed by atoms with Gasteiger partial charge in [-0.15, -0.1) is 0 Å². The summed E-state index contributed by atoms with van der Waals surface area (Å²) in [5, 5.41) is 6.59. The first kappa shape index (κ1) is 12.3. The molecule has 0 aliphatic carbocycles. The molecular formula is C12H14N4O2. The Labute approximate surface area is 104 Å². The molecule has 6 nitrogen and oxygen atoms in total. The minimum Gasteiger partial charge on any atom is -0.284 e. The zero-order valence-corrected chi connectivity index (χ0v) is 10.5. The summed E-state index contributed by atoms with van der Waals surface area (Å²) in [6.07, 6.45) is 0. The van der Waals surface area contributed by atoms with Gasteiger partial charge in [-0.3, -0.25) is 15.0 Å². The summed E-state index contributed by atoms with van der Waals surface area (Å²) in [5.74, 6) is -0.341. The van der Waals surface area contributed by atoms with Crippen LogP contribution in [0.15, 0.2) is 29.1 Å². The lowest BCUT2D eigenvalue weighted by atomic mass is 10.1. The van der Waals surface area contributed by atoms with Crippen molar-refractivity contribution >= 4 is 16.7 Å². The van der Waals surface area contributed by atoms with Gasteiger partial charge in [0, 0.05) is 26.5 Å². The molecule has 1 aromatic carbocycles. The maximum absolute atomic E-state index is 12.0. The fourth-order valence-corrected chi connectivity index (χ4v) is 1.72. The number of rotatable bonds is 2. The van der Waals surface area contributed by atoms with E-state index in [0.717, 1.165) is 0 Å². The molecule has 0 unspecified atom stereocenters. The number of carbonyl (C=O) groups is 1. The summed E-state index contributed by atoms with van der Waals surface area (Å²) in [4.78, 5) is 23.9. The van der Waals surface area contributed by atoms with Crippen molar-refractivity contribution in [2.45, 2.75) is 0 Å². The Morgan fingerprint density at radius 1 is 1.28 bits per heavy atom. The van der Waals surface area contributed by atoms with E-state index in [2.05, 4.69) is 10.5 Å². The molecule has 1 amide bonds. The third-order valence-electron chi connectivity index (χ3n) is 2.50. The van der Waals surface area contributed by atoms with Crippen molar-refractivity contribution in [2.24, 2.45) is 7.05 Å². The Balaban J connectivity index is 2.68. The normalized spacial score (nSPS) is 10.9. The molecule has 0 saturated heterocycles. The van der Waals surface area contributed by atoms with Crippen LogP contribution in [-0.4, -0.2) is 34.8 Å². The van der Waals surface area contributed by atoms with Crippen molar-refractivity contribution in [3.8, 4) is 0 Å². The van der Waals surface area contributed by atoms with Crippen molar-refractivity contribution in [1.82, 2.24) is 20.2 Å². The number of aromatic nitrogens is 2. The second-order valence-electron chi connectivity index (χ2n) is 4.16. The lowest BCUT2D eigenvalue weighted by molar-refractivity contribution is 0.0851. The van der Waals surface area contributed by atoms with E-state index >= 15 is 0 Å². The molecule has 0 bridgehead atoms. The Morgan fingerprint density at radius 3 is 2.50 bits per heavy atom. The maximum Gasteiger partial charge on any atom is 0.286 e. The molecule has 0 aliphatic rings. The number of hydrogen-bond acceptors (Lipinski definition) is 4. The summed E-state index contributed by atoms with van der Waals surface area (Å²) in [7, 11) is 4.95. The summed E-state index contributed by atoms with van der Waals surface area (Å²) >= 11 is 0. The van der Waals surface area contributed by atoms with Gasteiger partial charge in [0.05, 0.1) is 5.39 Å². The Morgan fingerprint density at radius 2 is 1.89 bits per heavy atom. The van der Waals surface area contributed by atoms with Crippen LogP contribution in [-0.2, 0) is 7.05 Å². The Bertz CT molecular complexity index is 661. The largest absolute Gasteiger partial charge is 0.286 e. The average molecular weight is 246 g/mol. The first-order valence-electron chi connectivity index (χ1n) is 5.45. The molecule has 94 valence electrons. The van der Waals surface area contributed by atoms with Gasteiger partial charge in [0.15, 0.2) is 5.69 Å². The molecule has 0 spiro atoms. The van der Waals surface area contributed by atoms with Gasteiger partial charge in [-0.25, -0.2) is 9.69 Å². The molecule has 0 fully saturated rings. The molecule has 0 saturated carbocycles. The second kappa shape index (κ2) is 4.58. The van der Waals surface area contributed by atoms with Gasteiger partial charge in [0.1, 0.15) is 0 Å². The first-order valence-corrected chi connectivity index (χ1v) is 5.45. The number of amides is 1. The lowest BCUT2D eigenvalue weighted by Gasteiger charge is -2.13.